The Morgan fingerprint density at radius 3 is 2.26 bits per heavy atom. The van der Waals surface area contributed by atoms with Crippen LogP contribution in [0.15, 0.2) is 18.7 Å². The zero-order valence-electron chi connectivity index (χ0n) is 17.3. The first-order valence-corrected chi connectivity index (χ1v) is 10.0. The van der Waals surface area contributed by atoms with Crippen molar-refractivity contribution in [3.05, 3.63) is 35.4 Å². The zero-order valence-corrected chi connectivity index (χ0v) is 17.3. The van der Waals surface area contributed by atoms with Gasteiger partial charge in [0.15, 0.2) is 0 Å². The van der Waals surface area contributed by atoms with E-state index in [-0.39, 0.29) is 6.04 Å². The highest BCUT2D eigenvalue weighted by molar-refractivity contribution is 5.73. The summed E-state index contributed by atoms with van der Waals surface area (Å²) in [5, 5.41) is 0. The van der Waals surface area contributed by atoms with E-state index < -0.39 is 11.7 Å². The van der Waals surface area contributed by atoms with Crippen molar-refractivity contribution in [2.24, 2.45) is 0 Å². The van der Waals surface area contributed by atoms with E-state index in [0.717, 1.165) is 37.1 Å². The van der Waals surface area contributed by atoms with Gasteiger partial charge in [-0.1, -0.05) is 13.5 Å². The van der Waals surface area contributed by atoms with E-state index in [0.29, 0.717) is 30.3 Å². The van der Waals surface area contributed by atoms with Crippen molar-refractivity contribution in [2.45, 2.75) is 72.1 Å². The molecule has 1 aromatic carbocycles. The van der Waals surface area contributed by atoms with Gasteiger partial charge in [0.05, 0.1) is 5.56 Å². The molecule has 1 saturated heterocycles. The Kier molecular flexibility index (Phi) is 7.01. The molecule has 1 fully saturated rings. The van der Waals surface area contributed by atoms with E-state index in [1.165, 1.54) is 12.1 Å². The van der Waals surface area contributed by atoms with Crippen LogP contribution in [-0.4, -0.2) is 36.6 Å². The molecule has 0 aliphatic carbocycles. The number of alkyl halides is 3. The van der Waals surface area contributed by atoms with E-state index >= 15 is 0 Å². The first-order valence-electron chi connectivity index (χ1n) is 10.0. The first-order chi connectivity index (χ1) is 12.6. The van der Waals surface area contributed by atoms with Crippen LogP contribution in [0.5, 0.6) is 0 Å². The average Bonchev–Trinajstić information content (AvgIpc) is 2.62. The van der Waals surface area contributed by atoms with Crippen LogP contribution in [0.25, 0.3) is 5.57 Å². The van der Waals surface area contributed by atoms with Gasteiger partial charge in [-0.3, -0.25) is 0 Å². The summed E-state index contributed by atoms with van der Waals surface area (Å²) in [5.41, 5.74) is 2.43. The monoisotopic (exact) mass is 382 g/mol. The number of likely N-dealkylation sites (tertiary alicyclic amines) is 1. The van der Waals surface area contributed by atoms with Crippen LogP contribution in [0, 0.1) is 6.92 Å². The van der Waals surface area contributed by atoms with Crippen molar-refractivity contribution in [2.75, 3.05) is 24.5 Å². The average molecular weight is 383 g/mol. The summed E-state index contributed by atoms with van der Waals surface area (Å²) in [6, 6.07) is 3.38. The Bertz CT molecular complexity index is 656. The fourth-order valence-corrected chi connectivity index (χ4v) is 4.06. The second kappa shape index (κ2) is 8.68. The molecule has 0 spiro atoms. The molecule has 27 heavy (non-hydrogen) atoms. The van der Waals surface area contributed by atoms with Crippen LogP contribution in [0.3, 0.4) is 0 Å². The summed E-state index contributed by atoms with van der Waals surface area (Å²) in [6.45, 7) is 17.0. The quantitative estimate of drug-likeness (QED) is 0.583. The van der Waals surface area contributed by atoms with Gasteiger partial charge in [0, 0.05) is 37.4 Å². The molecule has 0 aromatic heterocycles. The molecule has 2 nitrogen and oxygen atoms in total. The number of benzene rings is 1. The standard InChI is InChI=1S/C22H33F3N2/c1-7-16(5)20-13-18(22(23,24)25)14-21(17(20)6)27(8-2)19-9-11-26(12-10-19)15(3)4/h13-15,19H,5,7-12H2,1-4,6H3. The number of rotatable bonds is 6. The number of halogens is 3. The van der Waals surface area contributed by atoms with E-state index in [4.69, 9.17) is 0 Å². The molecule has 1 aromatic rings. The topological polar surface area (TPSA) is 6.48 Å². The summed E-state index contributed by atoms with van der Waals surface area (Å²) in [6.07, 6.45) is -1.76. The Morgan fingerprint density at radius 2 is 1.81 bits per heavy atom. The maximum absolute atomic E-state index is 13.5. The zero-order chi connectivity index (χ0) is 20.4. The predicted molar refractivity (Wildman–Crippen MR) is 108 cm³/mol. The minimum Gasteiger partial charge on any atom is -0.368 e. The lowest BCUT2D eigenvalue weighted by Crippen LogP contribution is -2.47. The van der Waals surface area contributed by atoms with Crippen LogP contribution in [0.1, 0.15) is 63.6 Å². The van der Waals surface area contributed by atoms with E-state index in [2.05, 4.69) is 30.2 Å². The van der Waals surface area contributed by atoms with Crippen LogP contribution in [-0.2, 0) is 6.18 Å². The lowest BCUT2D eigenvalue weighted by molar-refractivity contribution is -0.137. The molecule has 1 heterocycles. The molecule has 0 unspecified atom stereocenters. The van der Waals surface area contributed by atoms with Gasteiger partial charge in [-0.2, -0.15) is 13.2 Å². The minimum atomic E-state index is -4.36. The Hall–Kier alpha value is -1.49. The van der Waals surface area contributed by atoms with Crippen molar-refractivity contribution >= 4 is 11.3 Å². The molecule has 2 rings (SSSR count). The first kappa shape index (κ1) is 21.8. The smallest absolute Gasteiger partial charge is 0.368 e. The van der Waals surface area contributed by atoms with Crippen molar-refractivity contribution in [3.8, 4) is 0 Å². The summed E-state index contributed by atoms with van der Waals surface area (Å²) >= 11 is 0. The van der Waals surface area contributed by atoms with E-state index in [9.17, 15) is 13.2 Å². The van der Waals surface area contributed by atoms with Crippen LogP contribution >= 0.6 is 0 Å². The Balaban J connectivity index is 2.43. The van der Waals surface area contributed by atoms with Crippen LogP contribution in [0.2, 0.25) is 0 Å². The molecule has 152 valence electrons. The van der Waals surface area contributed by atoms with Gasteiger partial charge in [-0.15, -0.1) is 0 Å². The van der Waals surface area contributed by atoms with E-state index in [1.807, 2.05) is 20.8 Å². The molecule has 1 aliphatic rings. The second-order valence-corrected chi connectivity index (χ2v) is 7.77. The van der Waals surface area contributed by atoms with Gasteiger partial charge in [-0.05, 0) is 75.8 Å². The third-order valence-corrected chi connectivity index (χ3v) is 5.84. The van der Waals surface area contributed by atoms with Crippen molar-refractivity contribution < 1.29 is 13.2 Å². The van der Waals surface area contributed by atoms with Gasteiger partial charge < -0.3 is 9.80 Å². The Labute approximate surface area is 162 Å². The normalized spacial score (nSPS) is 16.8. The van der Waals surface area contributed by atoms with Gasteiger partial charge in [-0.25, -0.2) is 0 Å². The summed E-state index contributed by atoms with van der Waals surface area (Å²) < 4.78 is 40.6. The minimum absolute atomic E-state index is 0.273. The summed E-state index contributed by atoms with van der Waals surface area (Å²) in [7, 11) is 0. The fraction of sp³-hybridized carbons (Fsp3) is 0.636. The second-order valence-electron chi connectivity index (χ2n) is 7.77. The SMILES string of the molecule is C=C(CC)c1cc(C(F)(F)F)cc(N(CC)C2CCN(C(C)C)CC2)c1C. The van der Waals surface area contributed by atoms with Crippen LogP contribution < -0.4 is 4.90 Å². The Morgan fingerprint density at radius 1 is 1.22 bits per heavy atom. The van der Waals surface area contributed by atoms with Gasteiger partial charge >= 0.3 is 6.18 Å². The van der Waals surface area contributed by atoms with Gasteiger partial charge in [0.2, 0.25) is 0 Å². The molecule has 0 radical (unpaired) electrons. The van der Waals surface area contributed by atoms with E-state index in [1.54, 1.807) is 0 Å². The number of piperidine rings is 1. The third kappa shape index (κ3) is 4.87. The van der Waals surface area contributed by atoms with Gasteiger partial charge in [0.25, 0.3) is 0 Å². The lowest BCUT2D eigenvalue weighted by atomic mass is 9.93. The van der Waals surface area contributed by atoms with Crippen molar-refractivity contribution in [3.63, 3.8) is 0 Å². The molecule has 0 bridgehead atoms. The fourth-order valence-electron chi connectivity index (χ4n) is 4.06. The van der Waals surface area contributed by atoms with Crippen molar-refractivity contribution in [1.82, 2.24) is 4.90 Å². The molecule has 0 N–H and O–H groups in total. The molecular weight excluding hydrogens is 349 g/mol. The molecule has 5 heteroatoms. The molecule has 1 aliphatic heterocycles. The summed E-state index contributed by atoms with van der Waals surface area (Å²) in [4.78, 5) is 4.61. The third-order valence-electron chi connectivity index (χ3n) is 5.84. The molecule has 0 saturated carbocycles. The predicted octanol–water partition coefficient (Wildman–Crippen LogP) is 6.14. The van der Waals surface area contributed by atoms with Crippen LogP contribution in [0.4, 0.5) is 18.9 Å². The molecule has 0 amide bonds. The van der Waals surface area contributed by atoms with Gasteiger partial charge in [0.1, 0.15) is 0 Å². The molecular formula is C22H33F3N2. The maximum Gasteiger partial charge on any atom is 0.416 e. The highest BCUT2D eigenvalue weighted by Crippen LogP contribution is 2.39. The number of nitrogens with zero attached hydrogens (tertiary/aromatic N) is 2. The highest BCUT2D eigenvalue weighted by Gasteiger charge is 2.34. The van der Waals surface area contributed by atoms with Crippen molar-refractivity contribution in [1.29, 1.82) is 0 Å². The summed E-state index contributed by atoms with van der Waals surface area (Å²) in [5.74, 6) is 0. The highest BCUT2D eigenvalue weighted by atomic mass is 19.4. The maximum atomic E-state index is 13.5. The largest absolute Gasteiger partial charge is 0.416 e. The lowest BCUT2D eigenvalue weighted by Gasteiger charge is -2.41. The number of anilines is 1. The number of allylic oxidation sites excluding steroid dienone is 1. The number of hydrogen-bond acceptors (Lipinski definition) is 2. The molecule has 0 atom stereocenters. The number of hydrogen-bond donors (Lipinski definition) is 0.